The fraction of sp³-hybridized carbons (Fsp3) is 0.346. The van der Waals surface area contributed by atoms with Crippen molar-refractivity contribution in [1.29, 1.82) is 0 Å². The molecule has 1 aliphatic heterocycles. The first-order valence-corrected chi connectivity index (χ1v) is 12.2. The first-order valence-electron chi connectivity index (χ1n) is 11.4. The smallest absolute Gasteiger partial charge is 0.294 e. The Labute approximate surface area is 204 Å². The van der Waals surface area contributed by atoms with Gasteiger partial charge in [0.05, 0.1) is 18.1 Å². The molecule has 1 fully saturated rings. The van der Waals surface area contributed by atoms with Crippen LogP contribution in [0.4, 0.5) is 10.5 Å². The van der Waals surface area contributed by atoms with Crippen molar-refractivity contribution >= 4 is 40.6 Å². The first-order chi connectivity index (χ1) is 16.3. The first kappa shape index (κ1) is 25.4. The lowest BCUT2D eigenvalue weighted by atomic mass is 10.0. The molecule has 0 aliphatic carbocycles. The zero-order chi connectivity index (χ0) is 24.7. The third kappa shape index (κ3) is 6.41. The van der Waals surface area contributed by atoms with Crippen LogP contribution >= 0.6 is 11.8 Å². The van der Waals surface area contributed by atoms with E-state index in [1.807, 2.05) is 38.1 Å². The van der Waals surface area contributed by atoms with Gasteiger partial charge in [-0.3, -0.25) is 19.3 Å². The molecule has 8 heteroatoms. The molecule has 2 aromatic carbocycles. The summed E-state index contributed by atoms with van der Waals surface area (Å²) in [6, 6.07) is 12.9. The van der Waals surface area contributed by atoms with E-state index in [4.69, 9.17) is 9.47 Å². The van der Waals surface area contributed by atoms with Gasteiger partial charge in [-0.05, 0) is 72.5 Å². The third-order valence-corrected chi connectivity index (χ3v) is 5.97. The average Bonchev–Trinajstić information content (AvgIpc) is 3.06. The Balaban J connectivity index is 1.68. The molecule has 0 aromatic heterocycles. The van der Waals surface area contributed by atoms with Gasteiger partial charge in [0.25, 0.3) is 11.1 Å². The number of rotatable bonds is 10. The summed E-state index contributed by atoms with van der Waals surface area (Å²) in [6.07, 6.45) is 2.50. The van der Waals surface area contributed by atoms with Gasteiger partial charge in [-0.15, -0.1) is 0 Å². The normalized spacial score (nSPS) is 14.7. The predicted molar refractivity (Wildman–Crippen MR) is 135 cm³/mol. The van der Waals surface area contributed by atoms with Crippen LogP contribution in [0.1, 0.15) is 51.2 Å². The summed E-state index contributed by atoms with van der Waals surface area (Å²) in [5, 5.41) is 2.26. The number of nitrogens with one attached hydrogen (secondary N) is 1. The van der Waals surface area contributed by atoms with Crippen LogP contribution in [-0.4, -0.2) is 41.7 Å². The van der Waals surface area contributed by atoms with E-state index >= 15 is 0 Å². The van der Waals surface area contributed by atoms with E-state index < -0.39 is 17.1 Å². The van der Waals surface area contributed by atoms with Gasteiger partial charge in [-0.2, -0.15) is 0 Å². The van der Waals surface area contributed by atoms with Crippen molar-refractivity contribution in [1.82, 2.24) is 4.90 Å². The van der Waals surface area contributed by atoms with Crippen molar-refractivity contribution in [3.8, 4) is 11.5 Å². The summed E-state index contributed by atoms with van der Waals surface area (Å²) in [5.41, 5.74) is 2.48. The molecule has 180 valence electrons. The molecule has 7 nitrogen and oxygen atoms in total. The number of ether oxygens (including phenoxy) is 2. The molecular formula is C26H30N2O5S. The molecule has 0 atom stereocenters. The van der Waals surface area contributed by atoms with Crippen molar-refractivity contribution in [2.75, 3.05) is 25.1 Å². The summed E-state index contributed by atoms with van der Waals surface area (Å²) < 4.78 is 11.4. The lowest BCUT2D eigenvalue weighted by molar-refractivity contribution is -0.127. The second-order valence-electron chi connectivity index (χ2n) is 8.08. The number of thioether (sulfide) groups is 1. The van der Waals surface area contributed by atoms with Crippen LogP contribution in [0.5, 0.6) is 11.5 Å². The molecule has 3 rings (SSSR count). The number of benzene rings is 2. The second-order valence-corrected chi connectivity index (χ2v) is 9.07. The average molecular weight is 483 g/mol. The molecule has 0 saturated carbocycles. The number of nitrogens with zero attached hydrogens (tertiary/aromatic N) is 1. The van der Waals surface area contributed by atoms with Crippen LogP contribution in [0.25, 0.3) is 6.08 Å². The molecule has 0 unspecified atom stereocenters. The summed E-state index contributed by atoms with van der Waals surface area (Å²) >= 11 is 0.814. The van der Waals surface area contributed by atoms with E-state index in [1.54, 1.807) is 24.3 Å². The number of hydrogen-bond acceptors (Lipinski definition) is 6. The number of imide groups is 1. The van der Waals surface area contributed by atoms with E-state index in [1.165, 1.54) is 0 Å². The van der Waals surface area contributed by atoms with Crippen molar-refractivity contribution in [2.24, 2.45) is 0 Å². The quantitative estimate of drug-likeness (QED) is 0.439. The predicted octanol–water partition coefficient (Wildman–Crippen LogP) is 5.67. The fourth-order valence-corrected chi connectivity index (χ4v) is 4.14. The molecule has 0 spiro atoms. The van der Waals surface area contributed by atoms with Gasteiger partial charge < -0.3 is 14.8 Å². The Hall–Kier alpha value is -3.26. The molecule has 0 radical (unpaired) electrons. The van der Waals surface area contributed by atoms with Crippen LogP contribution in [0.15, 0.2) is 47.4 Å². The number of amides is 3. The lowest BCUT2D eigenvalue weighted by Crippen LogP contribution is -2.36. The summed E-state index contributed by atoms with van der Waals surface area (Å²) in [6.45, 7) is 8.78. The standard InChI is InChI=1S/C26H30N2O5S/c1-5-13-33-21-12-7-18(14-22(21)32-6-2)15-23-25(30)28(26(31)34-23)16-24(29)27-20-10-8-19(9-11-20)17(3)4/h7-12,14-15,17H,5-6,13,16H2,1-4H3,(H,27,29)/b23-15-. The van der Waals surface area contributed by atoms with E-state index in [0.717, 1.165) is 28.6 Å². The minimum atomic E-state index is -0.496. The number of anilines is 1. The molecule has 1 saturated heterocycles. The Kier molecular flexibility index (Phi) is 8.76. The molecular weight excluding hydrogens is 452 g/mol. The summed E-state index contributed by atoms with van der Waals surface area (Å²) in [4.78, 5) is 38.9. The van der Waals surface area contributed by atoms with Gasteiger partial charge in [0.1, 0.15) is 6.54 Å². The zero-order valence-electron chi connectivity index (χ0n) is 19.9. The second kappa shape index (κ2) is 11.7. The highest BCUT2D eigenvalue weighted by molar-refractivity contribution is 8.18. The SMILES string of the molecule is CCCOc1ccc(/C=C2\SC(=O)N(CC(=O)Nc3ccc(C(C)C)cc3)C2=O)cc1OCC. The largest absolute Gasteiger partial charge is 0.490 e. The Bertz CT molecular complexity index is 1080. The maximum atomic E-state index is 12.8. The van der Waals surface area contributed by atoms with Crippen LogP contribution in [0.3, 0.4) is 0 Å². The van der Waals surface area contributed by atoms with Crippen molar-refractivity contribution < 1.29 is 23.9 Å². The highest BCUT2D eigenvalue weighted by atomic mass is 32.2. The maximum Gasteiger partial charge on any atom is 0.294 e. The van der Waals surface area contributed by atoms with E-state index in [9.17, 15) is 14.4 Å². The topological polar surface area (TPSA) is 84.9 Å². The molecule has 3 amide bonds. The molecule has 2 aromatic rings. The van der Waals surface area contributed by atoms with Crippen LogP contribution in [0.2, 0.25) is 0 Å². The Morgan fingerprint density at radius 2 is 1.79 bits per heavy atom. The van der Waals surface area contributed by atoms with Crippen LogP contribution in [0, 0.1) is 0 Å². The molecule has 1 N–H and O–H groups in total. The van der Waals surface area contributed by atoms with E-state index in [0.29, 0.717) is 41.9 Å². The summed E-state index contributed by atoms with van der Waals surface area (Å²) in [7, 11) is 0. The highest BCUT2D eigenvalue weighted by Gasteiger charge is 2.36. The van der Waals surface area contributed by atoms with Crippen LogP contribution < -0.4 is 14.8 Å². The van der Waals surface area contributed by atoms with E-state index in [2.05, 4.69) is 19.2 Å². The van der Waals surface area contributed by atoms with Crippen LogP contribution in [-0.2, 0) is 9.59 Å². The molecule has 34 heavy (non-hydrogen) atoms. The maximum absolute atomic E-state index is 12.8. The fourth-order valence-electron chi connectivity index (χ4n) is 3.30. The van der Waals surface area contributed by atoms with Gasteiger partial charge in [-0.25, -0.2) is 0 Å². The summed E-state index contributed by atoms with van der Waals surface area (Å²) in [5.74, 6) is 0.664. The zero-order valence-corrected chi connectivity index (χ0v) is 20.7. The molecule has 0 bridgehead atoms. The van der Waals surface area contributed by atoms with E-state index in [-0.39, 0.29) is 11.4 Å². The van der Waals surface area contributed by atoms with Gasteiger partial charge in [0, 0.05) is 5.69 Å². The number of carbonyl (C=O) groups excluding carboxylic acids is 3. The lowest BCUT2D eigenvalue weighted by Gasteiger charge is -2.13. The molecule has 1 heterocycles. The van der Waals surface area contributed by atoms with Gasteiger partial charge >= 0.3 is 0 Å². The van der Waals surface area contributed by atoms with Gasteiger partial charge in [0.15, 0.2) is 11.5 Å². The number of hydrogen-bond donors (Lipinski definition) is 1. The van der Waals surface area contributed by atoms with Gasteiger partial charge in [0.2, 0.25) is 5.91 Å². The highest BCUT2D eigenvalue weighted by Crippen LogP contribution is 2.34. The van der Waals surface area contributed by atoms with Crippen molar-refractivity contribution in [3.63, 3.8) is 0 Å². The third-order valence-electron chi connectivity index (χ3n) is 5.06. The monoisotopic (exact) mass is 482 g/mol. The minimum absolute atomic E-state index is 0.253. The van der Waals surface area contributed by atoms with Crippen molar-refractivity contribution in [2.45, 2.75) is 40.0 Å². The Morgan fingerprint density at radius 1 is 1.06 bits per heavy atom. The Morgan fingerprint density at radius 3 is 2.44 bits per heavy atom. The molecule has 1 aliphatic rings. The van der Waals surface area contributed by atoms with Gasteiger partial charge in [-0.1, -0.05) is 39.0 Å². The van der Waals surface area contributed by atoms with Crippen molar-refractivity contribution in [3.05, 3.63) is 58.5 Å². The number of carbonyl (C=O) groups is 3. The minimum Gasteiger partial charge on any atom is -0.490 e.